The number of hydrogen-bond donors (Lipinski definition) is 1. The summed E-state index contributed by atoms with van der Waals surface area (Å²) in [7, 11) is 0. The summed E-state index contributed by atoms with van der Waals surface area (Å²) in [6.07, 6.45) is 2.25. The van der Waals surface area contributed by atoms with E-state index in [0.717, 1.165) is 25.9 Å². The number of nitrogens with two attached hydrogens (primary N) is 1. The molecular formula is C18H22N2. The van der Waals surface area contributed by atoms with E-state index in [0.29, 0.717) is 12.6 Å². The van der Waals surface area contributed by atoms with E-state index < -0.39 is 0 Å². The molecule has 2 heteroatoms. The van der Waals surface area contributed by atoms with Crippen molar-refractivity contribution in [3.05, 3.63) is 71.3 Å². The van der Waals surface area contributed by atoms with Crippen LogP contribution in [-0.2, 0) is 12.8 Å². The molecule has 0 spiro atoms. The van der Waals surface area contributed by atoms with Gasteiger partial charge in [-0.1, -0.05) is 54.6 Å². The number of hydrogen-bond acceptors (Lipinski definition) is 2. The Morgan fingerprint density at radius 3 is 1.95 bits per heavy atom. The van der Waals surface area contributed by atoms with Crippen molar-refractivity contribution < 1.29 is 0 Å². The zero-order valence-corrected chi connectivity index (χ0v) is 11.8. The monoisotopic (exact) mass is 266 g/mol. The fraction of sp³-hybridized carbons (Fsp3) is 0.333. The summed E-state index contributed by atoms with van der Waals surface area (Å²) in [5, 5.41) is 0. The van der Waals surface area contributed by atoms with Crippen LogP contribution < -0.4 is 5.73 Å². The van der Waals surface area contributed by atoms with Crippen LogP contribution in [0.3, 0.4) is 0 Å². The normalized spacial score (nSPS) is 17.2. The van der Waals surface area contributed by atoms with Crippen molar-refractivity contribution in [2.75, 3.05) is 19.6 Å². The maximum atomic E-state index is 6.05. The lowest BCUT2D eigenvalue weighted by molar-refractivity contribution is 0.211. The van der Waals surface area contributed by atoms with Crippen LogP contribution in [0.5, 0.6) is 0 Å². The summed E-state index contributed by atoms with van der Waals surface area (Å²) < 4.78 is 0. The third-order valence-electron chi connectivity index (χ3n) is 4.30. The van der Waals surface area contributed by atoms with E-state index in [1.807, 2.05) is 0 Å². The van der Waals surface area contributed by atoms with Crippen LogP contribution in [0.15, 0.2) is 54.6 Å². The molecule has 2 nitrogen and oxygen atoms in total. The average Bonchev–Trinajstić information content (AvgIpc) is 2.72. The highest BCUT2D eigenvalue weighted by atomic mass is 15.2. The van der Waals surface area contributed by atoms with Gasteiger partial charge < -0.3 is 5.73 Å². The molecule has 0 fully saturated rings. The fourth-order valence-electron chi connectivity index (χ4n) is 3.17. The van der Waals surface area contributed by atoms with E-state index in [4.69, 9.17) is 5.73 Å². The Balaban J connectivity index is 1.78. The van der Waals surface area contributed by atoms with E-state index in [2.05, 4.69) is 59.5 Å². The van der Waals surface area contributed by atoms with Crippen LogP contribution in [0.4, 0.5) is 0 Å². The van der Waals surface area contributed by atoms with Crippen molar-refractivity contribution in [1.29, 1.82) is 0 Å². The minimum absolute atomic E-state index is 0.338. The first-order valence-electron chi connectivity index (χ1n) is 7.44. The van der Waals surface area contributed by atoms with Crippen LogP contribution in [0.25, 0.3) is 0 Å². The number of nitrogens with zero attached hydrogens (tertiary/aromatic N) is 1. The molecule has 2 aromatic rings. The molecule has 1 aliphatic rings. The predicted molar refractivity (Wildman–Crippen MR) is 83.7 cm³/mol. The summed E-state index contributed by atoms with van der Waals surface area (Å²) in [6.45, 7) is 2.86. The molecule has 1 aliphatic heterocycles. The Bertz CT molecular complexity index is 523. The van der Waals surface area contributed by atoms with Crippen LogP contribution in [0, 0.1) is 0 Å². The first kappa shape index (κ1) is 13.3. The fourth-order valence-corrected chi connectivity index (χ4v) is 3.17. The summed E-state index contributed by atoms with van der Waals surface area (Å²) in [4.78, 5) is 2.54. The second-order valence-corrected chi connectivity index (χ2v) is 5.47. The van der Waals surface area contributed by atoms with Gasteiger partial charge in [0.25, 0.3) is 0 Å². The maximum Gasteiger partial charge on any atom is 0.0470 e. The molecule has 0 radical (unpaired) electrons. The van der Waals surface area contributed by atoms with Crippen molar-refractivity contribution in [1.82, 2.24) is 4.90 Å². The molecule has 0 saturated heterocycles. The number of benzene rings is 2. The highest BCUT2D eigenvalue weighted by Crippen LogP contribution is 2.24. The topological polar surface area (TPSA) is 29.3 Å². The molecule has 1 unspecified atom stereocenters. The Morgan fingerprint density at radius 1 is 0.850 bits per heavy atom. The van der Waals surface area contributed by atoms with E-state index in [1.54, 1.807) is 0 Å². The minimum Gasteiger partial charge on any atom is -0.329 e. The standard InChI is InChI=1S/C18H22N2/c19-14-18(17-8-2-1-3-9-17)20-12-10-15-6-4-5-7-16(15)11-13-20/h1-9,18H,10-14,19H2. The Labute approximate surface area is 121 Å². The van der Waals surface area contributed by atoms with Crippen LogP contribution in [0.2, 0.25) is 0 Å². The van der Waals surface area contributed by atoms with Gasteiger partial charge in [0.2, 0.25) is 0 Å². The first-order valence-corrected chi connectivity index (χ1v) is 7.44. The van der Waals surface area contributed by atoms with Gasteiger partial charge in [-0.3, -0.25) is 4.90 Å². The molecule has 1 heterocycles. The third-order valence-corrected chi connectivity index (χ3v) is 4.30. The zero-order valence-electron chi connectivity index (χ0n) is 11.8. The first-order chi connectivity index (χ1) is 9.88. The summed E-state index contributed by atoms with van der Waals surface area (Å²) >= 11 is 0. The van der Waals surface area contributed by atoms with Gasteiger partial charge in [-0.25, -0.2) is 0 Å². The second kappa shape index (κ2) is 6.21. The number of fused-ring (bicyclic) bond motifs is 1. The predicted octanol–water partition coefficient (Wildman–Crippen LogP) is 2.79. The molecule has 0 saturated carbocycles. The molecule has 0 aromatic heterocycles. The van der Waals surface area contributed by atoms with Crippen molar-refractivity contribution in [2.45, 2.75) is 18.9 Å². The van der Waals surface area contributed by atoms with E-state index in [9.17, 15) is 0 Å². The van der Waals surface area contributed by atoms with Gasteiger partial charge in [-0.05, 0) is 29.5 Å². The highest BCUT2D eigenvalue weighted by molar-refractivity contribution is 5.29. The van der Waals surface area contributed by atoms with Crippen LogP contribution in [-0.4, -0.2) is 24.5 Å². The molecule has 104 valence electrons. The molecule has 2 N–H and O–H groups in total. The largest absolute Gasteiger partial charge is 0.329 e. The highest BCUT2D eigenvalue weighted by Gasteiger charge is 2.21. The maximum absolute atomic E-state index is 6.05. The Morgan fingerprint density at radius 2 is 1.40 bits per heavy atom. The third kappa shape index (κ3) is 2.77. The Kier molecular flexibility index (Phi) is 4.14. The lowest BCUT2D eigenvalue weighted by Gasteiger charge is -2.30. The van der Waals surface area contributed by atoms with Crippen molar-refractivity contribution in [3.63, 3.8) is 0 Å². The van der Waals surface area contributed by atoms with Crippen molar-refractivity contribution in [2.24, 2.45) is 5.73 Å². The SMILES string of the molecule is NCC(c1ccccc1)N1CCc2ccccc2CC1. The molecule has 2 aromatic carbocycles. The molecule has 0 aliphatic carbocycles. The van der Waals surface area contributed by atoms with Crippen LogP contribution >= 0.6 is 0 Å². The van der Waals surface area contributed by atoms with E-state index in [1.165, 1.54) is 16.7 Å². The van der Waals surface area contributed by atoms with Gasteiger partial charge in [0.1, 0.15) is 0 Å². The molecule has 0 amide bonds. The van der Waals surface area contributed by atoms with Gasteiger partial charge in [0.05, 0.1) is 0 Å². The van der Waals surface area contributed by atoms with Gasteiger partial charge in [0.15, 0.2) is 0 Å². The molecule has 1 atom stereocenters. The summed E-state index contributed by atoms with van der Waals surface area (Å²) in [5.41, 5.74) is 10.4. The van der Waals surface area contributed by atoms with Gasteiger partial charge in [-0.2, -0.15) is 0 Å². The molecule has 3 rings (SSSR count). The lowest BCUT2D eigenvalue weighted by atomic mass is 10.0. The van der Waals surface area contributed by atoms with Gasteiger partial charge in [0, 0.05) is 25.7 Å². The molecular weight excluding hydrogens is 244 g/mol. The van der Waals surface area contributed by atoms with E-state index in [-0.39, 0.29) is 0 Å². The Hall–Kier alpha value is -1.64. The molecule has 0 bridgehead atoms. The van der Waals surface area contributed by atoms with Crippen molar-refractivity contribution in [3.8, 4) is 0 Å². The average molecular weight is 266 g/mol. The summed E-state index contributed by atoms with van der Waals surface area (Å²) in [5.74, 6) is 0. The number of rotatable bonds is 3. The zero-order chi connectivity index (χ0) is 13.8. The summed E-state index contributed by atoms with van der Waals surface area (Å²) in [6, 6.07) is 19.8. The lowest BCUT2D eigenvalue weighted by Crippen LogP contribution is -2.35. The van der Waals surface area contributed by atoms with Gasteiger partial charge >= 0.3 is 0 Å². The second-order valence-electron chi connectivity index (χ2n) is 5.47. The minimum atomic E-state index is 0.338. The quantitative estimate of drug-likeness (QED) is 0.925. The van der Waals surface area contributed by atoms with Gasteiger partial charge in [-0.15, -0.1) is 0 Å². The van der Waals surface area contributed by atoms with Crippen molar-refractivity contribution >= 4 is 0 Å². The smallest absolute Gasteiger partial charge is 0.0470 e. The van der Waals surface area contributed by atoms with E-state index >= 15 is 0 Å². The molecule has 20 heavy (non-hydrogen) atoms. The van der Waals surface area contributed by atoms with Crippen LogP contribution in [0.1, 0.15) is 22.7 Å².